The number of rotatable bonds is 4. The van der Waals surface area contributed by atoms with Gasteiger partial charge in [0.25, 0.3) is 5.56 Å². The van der Waals surface area contributed by atoms with Crippen LogP contribution in [0.1, 0.15) is 17.3 Å². The number of benzene rings is 1. The Balaban J connectivity index is 2.21. The number of carbonyl (C=O) groups excluding carboxylic acids is 1. The fourth-order valence-electron chi connectivity index (χ4n) is 1.75. The summed E-state index contributed by atoms with van der Waals surface area (Å²) in [7, 11) is 1.55. The SMILES string of the molecule is CCn1cccc(C(=O)Oc2ccc(OC)cc2)c1=O. The molecule has 0 saturated heterocycles. The van der Waals surface area contributed by atoms with E-state index in [1.165, 1.54) is 10.6 Å². The molecule has 0 fully saturated rings. The molecule has 1 aromatic carbocycles. The lowest BCUT2D eigenvalue weighted by atomic mass is 10.2. The first-order valence-corrected chi connectivity index (χ1v) is 6.21. The number of carbonyl (C=O) groups is 1. The fourth-order valence-corrected chi connectivity index (χ4v) is 1.75. The Hall–Kier alpha value is -2.56. The van der Waals surface area contributed by atoms with Crippen LogP contribution in [0.3, 0.4) is 0 Å². The molecule has 0 radical (unpaired) electrons. The van der Waals surface area contributed by atoms with Gasteiger partial charge in [0, 0.05) is 12.7 Å². The molecule has 0 bridgehead atoms. The molecule has 0 amide bonds. The summed E-state index contributed by atoms with van der Waals surface area (Å²) in [6.07, 6.45) is 1.63. The lowest BCUT2D eigenvalue weighted by Gasteiger charge is -2.07. The monoisotopic (exact) mass is 273 g/mol. The average Bonchev–Trinajstić information content (AvgIpc) is 2.48. The van der Waals surface area contributed by atoms with Gasteiger partial charge in [-0.3, -0.25) is 4.79 Å². The van der Waals surface area contributed by atoms with E-state index < -0.39 is 5.97 Å². The Labute approximate surface area is 116 Å². The molecule has 5 nitrogen and oxygen atoms in total. The maximum absolute atomic E-state index is 12.0. The van der Waals surface area contributed by atoms with Crippen LogP contribution in [0.5, 0.6) is 11.5 Å². The first-order chi connectivity index (χ1) is 9.65. The van der Waals surface area contributed by atoms with E-state index in [9.17, 15) is 9.59 Å². The van der Waals surface area contributed by atoms with Crippen molar-refractivity contribution in [3.8, 4) is 11.5 Å². The second-order valence-electron chi connectivity index (χ2n) is 4.08. The molecule has 0 unspecified atom stereocenters. The molecule has 1 heterocycles. The third-order valence-corrected chi connectivity index (χ3v) is 2.85. The standard InChI is InChI=1S/C15H15NO4/c1-3-16-10-4-5-13(14(16)17)15(18)20-12-8-6-11(19-2)7-9-12/h4-10H,3H2,1-2H3. The minimum Gasteiger partial charge on any atom is -0.497 e. The number of esters is 1. The van der Waals surface area contributed by atoms with Crippen molar-refractivity contribution in [3.05, 3.63) is 58.5 Å². The van der Waals surface area contributed by atoms with Crippen LogP contribution >= 0.6 is 0 Å². The van der Waals surface area contributed by atoms with Crippen molar-refractivity contribution in [2.45, 2.75) is 13.5 Å². The Morgan fingerprint density at radius 3 is 2.40 bits per heavy atom. The maximum atomic E-state index is 12.0. The molecule has 0 aliphatic heterocycles. The zero-order valence-electron chi connectivity index (χ0n) is 11.3. The fraction of sp³-hybridized carbons (Fsp3) is 0.200. The summed E-state index contributed by atoms with van der Waals surface area (Å²) in [5, 5.41) is 0. The molecule has 2 rings (SSSR count). The van der Waals surface area contributed by atoms with Crippen LogP contribution in [-0.2, 0) is 6.54 Å². The van der Waals surface area contributed by atoms with Gasteiger partial charge < -0.3 is 14.0 Å². The zero-order chi connectivity index (χ0) is 14.5. The molecule has 0 saturated carbocycles. The third-order valence-electron chi connectivity index (χ3n) is 2.85. The quantitative estimate of drug-likeness (QED) is 0.632. The van der Waals surface area contributed by atoms with E-state index in [4.69, 9.17) is 9.47 Å². The van der Waals surface area contributed by atoms with Crippen molar-refractivity contribution in [1.29, 1.82) is 0 Å². The number of aryl methyl sites for hydroxylation is 1. The van der Waals surface area contributed by atoms with Crippen LogP contribution in [-0.4, -0.2) is 17.6 Å². The summed E-state index contributed by atoms with van der Waals surface area (Å²) in [6, 6.07) is 9.68. The van der Waals surface area contributed by atoms with Crippen LogP contribution in [0, 0.1) is 0 Å². The highest BCUT2D eigenvalue weighted by Gasteiger charge is 2.14. The van der Waals surface area contributed by atoms with Crippen molar-refractivity contribution in [1.82, 2.24) is 4.57 Å². The van der Waals surface area contributed by atoms with E-state index in [1.807, 2.05) is 6.92 Å². The van der Waals surface area contributed by atoms with Crippen molar-refractivity contribution < 1.29 is 14.3 Å². The van der Waals surface area contributed by atoms with E-state index in [2.05, 4.69) is 0 Å². The molecule has 2 aromatic rings. The summed E-state index contributed by atoms with van der Waals surface area (Å²) in [4.78, 5) is 24.0. The minimum atomic E-state index is -0.664. The summed E-state index contributed by atoms with van der Waals surface area (Å²) >= 11 is 0. The summed E-state index contributed by atoms with van der Waals surface area (Å²) in [5.74, 6) is 0.364. The van der Waals surface area contributed by atoms with Gasteiger partial charge in [-0.25, -0.2) is 4.79 Å². The van der Waals surface area contributed by atoms with Crippen molar-refractivity contribution in [2.24, 2.45) is 0 Å². The Morgan fingerprint density at radius 1 is 1.15 bits per heavy atom. The first kappa shape index (κ1) is 13.9. The Morgan fingerprint density at radius 2 is 1.80 bits per heavy atom. The predicted octanol–water partition coefficient (Wildman–Crippen LogP) is 2.10. The second-order valence-corrected chi connectivity index (χ2v) is 4.08. The lowest BCUT2D eigenvalue weighted by Crippen LogP contribution is -2.27. The van der Waals surface area contributed by atoms with Crippen molar-refractivity contribution in [2.75, 3.05) is 7.11 Å². The molecule has 1 aromatic heterocycles. The molecule has 0 aliphatic rings. The lowest BCUT2D eigenvalue weighted by molar-refractivity contribution is 0.0732. The largest absolute Gasteiger partial charge is 0.497 e. The number of hydrogen-bond donors (Lipinski definition) is 0. The number of aromatic nitrogens is 1. The third kappa shape index (κ3) is 2.88. The molecule has 0 spiro atoms. The highest BCUT2D eigenvalue weighted by atomic mass is 16.5. The predicted molar refractivity (Wildman–Crippen MR) is 74.3 cm³/mol. The number of pyridine rings is 1. The van der Waals surface area contributed by atoms with Crippen LogP contribution in [0.25, 0.3) is 0 Å². The van der Waals surface area contributed by atoms with Crippen LogP contribution < -0.4 is 15.0 Å². The van der Waals surface area contributed by atoms with Crippen LogP contribution in [0.15, 0.2) is 47.4 Å². The summed E-state index contributed by atoms with van der Waals surface area (Å²) < 4.78 is 11.6. The molecule has 104 valence electrons. The molecule has 0 atom stereocenters. The van der Waals surface area contributed by atoms with Crippen LogP contribution in [0.2, 0.25) is 0 Å². The highest BCUT2D eigenvalue weighted by Crippen LogP contribution is 2.17. The average molecular weight is 273 g/mol. The summed E-state index contributed by atoms with van der Waals surface area (Å²) in [5.41, 5.74) is -0.335. The topological polar surface area (TPSA) is 57.5 Å². The number of methoxy groups -OCH3 is 1. The number of nitrogens with zero attached hydrogens (tertiary/aromatic N) is 1. The molecule has 5 heteroatoms. The van der Waals surface area contributed by atoms with Gasteiger partial charge in [-0.2, -0.15) is 0 Å². The van der Waals surface area contributed by atoms with Gasteiger partial charge in [0.15, 0.2) is 0 Å². The molecule has 0 aliphatic carbocycles. The van der Waals surface area contributed by atoms with Crippen LogP contribution in [0.4, 0.5) is 0 Å². The van der Waals surface area contributed by atoms with Gasteiger partial charge in [-0.15, -0.1) is 0 Å². The van der Waals surface area contributed by atoms with E-state index in [1.54, 1.807) is 43.6 Å². The Kier molecular flexibility index (Phi) is 4.20. The zero-order valence-corrected chi connectivity index (χ0v) is 11.3. The molecule has 20 heavy (non-hydrogen) atoms. The van der Waals surface area contributed by atoms with Gasteiger partial charge in [0.05, 0.1) is 7.11 Å². The van der Waals surface area contributed by atoms with E-state index in [0.29, 0.717) is 18.0 Å². The van der Waals surface area contributed by atoms with E-state index in [0.717, 1.165) is 0 Å². The first-order valence-electron chi connectivity index (χ1n) is 6.21. The van der Waals surface area contributed by atoms with E-state index >= 15 is 0 Å². The minimum absolute atomic E-state index is 0.0187. The van der Waals surface area contributed by atoms with Gasteiger partial charge in [-0.1, -0.05) is 0 Å². The smallest absolute Gasteiger partial charge is 0.349 e. The van der Waals surface area contributed by atoms with Gasteiger partial charge >= 0.3 is 5.97 Å². The van der Waals surface area contributed by atoms with Crippen molar-refractivity contribution in [3.63, 3.8) is 0 Å². The molecular formula is C15H15NO4. The number of hydrogen-bond acceptors (Lipinski definition) is 4. The van der Waals surface area contributed by atoms with E-state index in [-0.39, 0.29) is 11.1 Å². The molecule has 0 N–H and O–H groups in total. The van der Waals surface area contributed by atoms with Crippen molar-refractivity contribution >= 4 is 5.97 Å². The Bertz CT molecular complexity index is 658. The normalized spacial score (nSPS) is 10.1. The summed E-state index contributed by atoms with van der Waals surface area (Å²) in [6.45, 7) is 2.34. The second kappa shape index (κ2) is 6.06. The maximum Gasteiger partial charge on any atom is 0.349 e. The number of ether oxygens (including phenoxy) is 2. The van der Waals surface area contributed by atoms with Gasteiger partial charge in [-0.05, 0) is 43.3 Å². The highest BCUT2D eigenvalue weighted by molar-refractivity contribution is 5.90. The molecular weight excluding hydrogens is 258 g/mol. The van der Waals surface area contributed by atoms with Gasteiger partial charge in [0.2, 0.25) is 0 Å². The van der Waals surface area contributed by atoms with Gasteiger partial charge in [0.1, 0.15) is 17.1 Å².